The van der Waals surface area contributed by atoms with Crippen molar-refractivity contribution in [1.82, 2.24) is 5.32 Å². The quantitative estimate of drug-likeness (QED) is 0.927. The van der Waals surface area contributed by atoms with Crippen LogP contribution in [0.15, 0.2) is 58.3 Å². The first kappa shape index (κ1) is 16.1. The summed E-state index contributed by atoms with van der Waals surface area (Å²) in [6, 6.07) is 14.2. The Morgan fingerprint density at radius 3 is 2.61 bits per heavy atom. The molecule has 6 heteroatoms. The van der Waals surface area contributed by atoms with E-state index in [0.717, 1.165) is 24.0 Å². The normalized spacial score (nSPS) is 17.3. The molecule has 23 heavy (non-hydrogen) atoms. The smallest absolute Gasteiger partial charge is 0.253 e. The lowest BCUT2D eigenvalue weighted by molar-refractivity contribution is 0.0931. The average molecular weight is 347 g/mol. The van der Waals surface area contributed by atoms with E-state index in [1.807, 2.05) is 24.3 Å². The van der Waals surface area contributed by atoms with E-state index in [1.165, 1.54) is 11.0 Å². The summed E-state index contributed by atoms with van der Waals surface area (Å²) in [5.41, 5.74) is 1.29. The number of nitrogens with one attached hydrogen (secondary N) is 1. The minimum absolute atomic E-state index is 0.0657. The van der Waals surface area contributed by atoms with Crippen LogP contribution in [0.4, 0.5) is 0 Å². The van der Waals surface area contributed by atoms with Gasteiger partial charge < -0.3 is 5.32 Å². The Hall–Kier alpha value is -1.79. The molecule has 0 saturated carbocycles. The van der Waals surface area contributed by atoms with Gasteiger partial charge in [-0.2, -0.15) is 0 Å². The van der Waals surface area contributed by atoms with Crippen molar-refractivity contribution in [2.75, 3.05) is 12.0 Å². The molecular formula is C17H17NO3S2. The first-order valence-corrected chi connectivity index (χ1v) is 10.2. The van der Waals surface area contributed by atoms with Gasteiger partial charge in [0.05, 0.1) is 16.5 Å². The van der Waals surface area contributed by atoms with Crippen molar-refractivity contribution in [3.8, 4) is 0 Å². The fourth-order valence-electron chi connectivity index (χ4n) is 2.71. The summed E-state index contributed by atoms with van der Waals surface area (Å²) in [5, 5.41) is 2.99. The predicted molar refractivity (Wildman–Crippen MR) is 91.5 cm³/mol. The summed E-state index contributed by atoms with van der Waals surface area (Å²) >= 11 is 1.78. The van der Waals surface area contributed by atoms with Crippen molar-refractivity contribution < 1.29 is 13.2 Å². The molecule has 2 aromatic rings. The van der Waals surface area contributed by atoms with Crippen LogP contribution < -0.4 is 5.32 Å². The summed E-state index contributed by atoms with van der Waals surface area (Å²) in [6.07, 6.45) is 1.94. The standard InChI is InChI=1S/C17H17NO3S2/c1-23(20,21)16-9-5-3-7-13(16)17(19)18-14-10-11-22-15-8-4-2-6-12(14)15/h2-9,14H,10-11H2,1H3,(H,18,19)/t14-/m0/s1. The van der Waals surface area contributed by atoms with E-state index in [-0.39, 0.29) is 22.4 Å². The molecule has 0 aliphatic carbocycles. The molecule has 1 aliphatic heterocycles. The molecule has 120 valence electrons. The lowest BCUT2D eigenvalue weighted by atomic mass is 10.0. The highest BCUT2D eigenvalue weighted by Gasteiger charge is 2.24. The third-order valence-electron chi connectivity index (χ3n) is 3.80. The largest absolute Gasteiger partial charge is 0.345 e. The lowest BCUT2D eigenvalue weighted by Crippen LogP contribution is -2.31. The summed E-state index contributed by atoms with van der Waals surface area (Å²) in [6.45, 7) is 0. The minimum Gasteiger partial charge on any atom is -0.345 e. The van der Waals surface area contributed by atoms with Gasteiger partial charge in [0.1, 0.15) is 0 Å². The highest BCUT2D eigenvalue weighted by molar-refractivity contribution is 7.99. The van der Waals surface area contributed by atoms with Crippen LogP contribution in [0.3, 0.4) is 0 Å². The highest BCUT2D eigenvalue weighted by Crippen LogP contribution is 2.36. The Labute approximate surface area is 140 Å². The second-order valence-electron chi connectivity index (χ2n) is 5.47. The summed E-state index contributed by atoms with van der Waals surface area (Å²) in [5.74, 6) is 0.577. The zero-order valence-electron chi connectivity index (χ0n) is 12.7. The molecule has 0 bridgehead atoms. The van der Waals surface area contributed by atoms with E-state index in [2.05, 4.69) is 5.32 Å². The number of hydrogen-bond donors (Lipinski definition) is 1. The second-order valence-corrected chi connectivity index (χ2v) is 8.59. The van der Waals surface area contributed by atoms with Gasteiger partial charge in [0.2, 0.25) is 0 Å². The molecule has 1 amide bonds. The van der Waals surface area contributed by atoms with Gasteiger partial charge in [-0.1, -0.05) is 30.3 Å². The Morgan fingerprint density at radius 2 is 1.83 bits per heavy atom. The molecule has 0 unspecified atom stereocenters. The van der Waals surface area contributed by atoms with E-state index < -0.39 is 9.84 Å². The van der Waals surface area contributed by atoms with Crippen molar-refractivity contribution in [3.05, 3.63) is 59.7 Å². The maximum Gasteiger partial charge on any atom is 0.253 e. The summed E-state index contributed by atoms with van der Waals surface area (Å²) in [7, 11) is -3.44. The molecule has 0 saturated heterocycles. The zero-order valence-corrected chi connectivity index (χ0v) is 14.3. The Morgan fingerprint density at radius 1 is 1.13 bits per heavy atom. The Bertz CT molecular complexity index is 846. The number of carbonyl (C=O) groups is 1. The first-order valence-electron chi connectivity index (χ1n) is 7.28. The monoisotopic (exact) mass is 347 g/mol. The average Bonchev–Trinajstić information content (AvgIpc) is 2.54. The molecule has 0 fully saturated rings. The van der Waals surface area contributed by atoms with E-state index in [9.17, 15) is 13.2 Å². The summed E-state index contributed by atoms with van der Waals surface area (Å²) < 4.78 is 23.7. The van der Waals surface area contributed by atoms with Crippen molar-refractivity contribution in [3.63, 3.8) is 0 Å². The molecule has 1 aliphatic rings. The maximum atomic E-state index is 12.6. The third-order valence-corrected chi connectivity index (χ3v) is 6.07. The van der Waals surface area contributed by atoms with Gasteiger partial charge in [-0.3, -0.25) is 4.79 Å². The van der Waals surface area contributed by atoms with Gasteiger partial charge in [-0.25, -0.2) is 8.42 Å². The van der Waals surface area contributed by atoms with Gasteiger partial charge >= 0.3 is 0 Å². The van der Waals surface area contributed by atoms with Crippen molar-refractivity contribution in [1.29, 1.82) is 0 Å². The third kappa shape index (κ3) is 3.43. The van der Waals surface area contributed by atoms with Gasteiger partial charge in [0, 0.05) is 16.9 Å². The molecule has 2 aromatic carbocycles. The molecule has 0 spiro atoms. The van der Waals surface area contributed by atoms with Crippen molar-refractivity contribution in [2.24, 2.45) is 0 Å². The Balaban J connectivity index is 1.90. The minimum atomic E-state index is -3.44. The van der Waals surface area contributed by atoms with Gasteiger partial charge in [-0.05, 0) is 30.2 Å². The van der Waals surface area contributed by atoms with Crippen molar-refractivity contribution >= 4 is 27.5 Å². The van der Waals surface area contributed by atoms with Crippen LogP contribution in [0.1, 0.15) is 28.4 Å². The molecule has 0 aromatic heterocycles. The lowest BCUT2D eigenvalue weighted by Gasteiger charge is -2.26. The Kier molecular flexibility index (Phi) is 4.46. The predicted octanol–water partition coefficient (Wildman–Crippen LogP) is 3.06. The van der Waals surface area contributed by atoms with Crippen LogP contribution >= 0.6 is 11.8 Å². The van der Waals surface area contributed by atoms with Crippen LogP contribution in [0.5, 0.6) is 0 Å². The molecular weight excluding hydrogens is 330 g/mol. The zero-order chi connectivity index (χ0) is 16.4. The summed E-state index contributed by atoms with van der Waals surface area (Å²) in [4.78, 5) is 13.8. The number of carbonyl (C=O) groups excluding carboxylic acids is 1. The molecule has 4 nitrogen and oxygen atoms in total. The number of fused-ring (bicyclic) bond motifs is 1. The van der Waals surface area contributed by atoms with Crippen LogP contribution in [-0.2, 0) is 9.84 Å². The van der Waals surface area contributed by atoms with E-state index >= 15 is 0 Å². The molecule has 1 atom stereocenters. The number of thioether (sulfide) groups is 1. The number of rotatable bonds is 3. The van der Waals surface area contributed by atoms with Crippen LogP contribution in [0.25, 0.3) is 0 Å². The van der Waals surface area contributed by atoms with E-state index in [1.54, 1.807) is 30.0 Å². The molecule has 0 radical (unpaired) electrons. The van der Waals surface area contributed by atoms with Crippen molar-refractivity contribution in [2.45, 2.75) is 22.3 Å². The maximum absolute atomic E-state index is 12.6. The van der Waals surface area contributed by atoms with E-state index in [0.29, 0.717) is 0 Å². The fourth-order valence-corrected chi connectivity index (χ4v) is 4.72. The number of sulfone groups is 1. The SMILES string of the molecule is CS(=O)(=O)c1ccccc1C(=O)N[C@H]1CCSc2ccccc21. The van der Waals surface area contributed by atoms with Crippen LogP contribution in [0, 0.1) is 0 Å². The van der Waals surface area contributed by atoms with Gasteiger partial charge in [-0.15, -0.1) is 11.8 Å². The second kappa shape index (κ2) is 6.37. The number of benzene rings is 2. The van der Waals surface area contributed by atoms with Gasteiger partial charge in [0.25, 0.3) is 5.91 Å². The molecule has 3 rings (SSSR count). The van der Waals surface area contributed by atoms with E-state index in [4.69, 9.17) is 0 Å². The molecule has 1 N–H and O–H groups in total. The molecule has 1 heterocycles. The van der Waals surface area contributed by atoms with Crippen LogP contribution in [0.2, 0.25) is 0 Å². The highest BCUT2D eigenvalue weighted by atomic mass is 32.2. The van der Waals surface area contributed by atoms with Crippen LogP contribution in [-0.4, -0.2) is 26.3 Å². The number of hydrogen-bond acceptors (Lipinski definition) is 4. The first-order chi connectivity index (χ1) is 11.0. The van der Waals surface area contributed by atoms with Gasteiger partial charge in [0.15, 0.2) is 9.84 Å². The topological polar surface area (TPSA) is 63.2 Å². The number of amides is 1. The fraction of sp³-hybridized carbons (Fsp3) is 0.235.